The first-order valence-electron chi connectivity index (χ1n) is 8.15. The molecule has 0 bridgehead atoms. The molecule has 0 saturated carbocycles. The van der Waals surface area contributed by atoms with Crippen molar-refractivity contribution in [3.05, 3.63) is 59.7 Å². The van der Waals surface area contributed by atoms with Gasteiger partial charge < -0.3 is 9.47 Å². The van der Waals surface area contributed by atoms with Gasteiger partial charge in [0.25, 0.3) is 0 Å². The summed E-state index contributed by atoms with van der Waals surface area (Å²) >= 11 is 0. The van der Waals surface area contributed by atoms with Gasteiger partial charge in [0.2, 0.25) is 0 Å². The van der Waals surface area contributed by atoms with E-state index in [2.05, 4.69) is 20.8 Å². The van der Waals surface area contributed by atoms with Crippen molar-refractivity contribution in [3.8, 4) is 11.5 Å². The number of esters is 1. The van der Waals surface area contributed by atoms with Crippen molar-refractivity contribution < 1.29 is 14.3 Å². The van der Waals surface area contributed by atoms with Crippen LogP contribution < -0.4 is 9.47 Å². The van der Waals surface area contributed by atoms with Crippen molar-refractivity contribution in [2.24, 2.45) is 0 Å². The molecule has 0 aliphatic carbocycles. The minimum Gasteiger partial charge on any atom is -0.494 e. The van der Waals surface area contributed by atoms with Gasteiger partial charge in [0.05, 0.1) is 12.2 Å². The maximum atomic E-state index is 12.1. The Kier molecular flexibility index (Phi) is 6.21. The van der Waals surface area contributed by atoms with E-state index in [0.29, 0.717) is 23.8 Å². The Labute approximate surface area is 138 Å². The average molecular weight is 312 g/mol. The van der Waals surface area contributed by atoms with Gasteiger partial charge in [-0.1, -0.05) is 39.3 Å². The lowest BCUT2D eigenvalue weighted by Crippen LogP contribution is -2.08. The lowest BCUT2D eigenvalue weighted by atomic mass is 10.0. The van der Waals surface area contributed by atoms with Gasteiger partial charge in [0.15, 0.2) is 0 Å². The van der Waals surface area contributed by atoms with Crippen LogP contribution in [-0.2, 0) is 0 Å². The minimum atomic E-state index is -0.359. The zero-order valence-corrected chi connectivity index (χ0v) is 14.0. The Hall–Kier alpha value is -2.29. The van der Waals surface area contributed by atoms with Crippen molar-refractivity contribution in [1.82, 2.24) is 0 Å². The van der Waals surface area contributed by atoms with E-state index in [9.17, 15) is 4.79 Å². The maximum absolute atomic E-state index is 12.1. The molecule has 3 heteroatoms. The molecule has 0 N–H and O–H groups in total. The molecular weight excluding hydrogens is 288 g/mol. The van der Waals surface area contributed by atoms with Crippen molar-refractivity contribution in [2.75, 3.05) is 6.61 Å². The van der Waals surface area contributed by atoms with Gasteiger partial charge in [-0.15, -0.1) is 0 Å². The van der Waals surface area contributed by atoms with Crippen LogP contribution in [0.3, 0.4) is 0 Å². The van der Waals surface area contributed by atoms with Crippen LogP contribution >= 0.6 is 0 Å². The third kappa shape index (κ3) is 5.13. The second-order valence-electron chi connectivity index (χ2n) is 5.84. The highest BCUT2D eigenvalue weighted by Crippen LogP contribution is 2.20. The molecule has 2 aromatic carbocycles. The van der Waals surface area contributed by atoms with E-state index in [1.807, 2.05) is 24.3 Å². The molecule has 2 rings (SSSR count). The molecule has 0 fully saturated rings. The Bertz CT molecular complexity index is 612. The van der Waals surface area contributed by atoms with E-state index in [4.69, 9.17) is 9.47 Å². The molecule has 0 unspecified atom stereocenters. The minimum absolute atomic E-state index is 0.359. The topological polar surface area (TPSA) is 35.5 Å². The smallest absolute Gasteiger partial charge is 0.343 e. The van der Waals surface area contributed by atoms with Crippen molar-refractivity contribution in [1.29, 1.82) is 0 Å². The third-order valence-electron chi connectivity index (χ3n) is 3.61. The number of rotatable bonds is 7. The number of benzene rings is 2. The lowest BCUT2D eigenvalue weighted by molar-refractivity contribution is 0.0734. The molecule has 2 aromatic rings. The highest BCUT2D eigenvalue weighted by molar-refractivity contribution is 5.91. The van der Waals surface area contributed by atoms with Crippen molar-refractivity contribution in [3.63, 3.8) is 0 Å². The van der Waals surface area contributed by atoms with Gasteiger partial charge in [0, 0.05) is 0 Å². The van der Waals surface area contributed by atoms with E-state index in [1.54, 1.807) is 24.3 Å². The molecule has 0 aromatic heterocycles. The van der Waals surface area contributed by atoms with Crippen LogP contribution in [0.25, 0.3) is 0 Å². The molecule has 0 amide bonds. The number of ether oxygens (including phenoxy) is 2. The molecule has 0 atom stereocenters. The quantitative estimate of drug-likeness (QED) is 0.400. The second-order valence-corrected chi connectivity index (χ2v) is 5.84. The number of hydrogen-bond acceptors (Lipinski definition) is 3. The summed E-state index contributed by atoms with van der Waals surface area (Å²) in [6, 6.07) is 14.7. The molecule has 3 nitrogen and oxygen atoms in total. The fourth-order valence-electron chi connectivity index (χ4n) is 2.11. The first-order valence-corrected chi connectivity index (χ1v) is 8.15. The summed E-state index contributed by atoms with van der Waals surface area (Å²) in [7, 11) is 0. The monoisotopic (exact) mass is 312 g/mol. The lowest BCUT2D eigenvalue weighted by Gasteiger charge is -2.08. The Morgan fingerprint density at radius 2 is 1.57 bits per heavy atom. The van der Waals surface area contributed by atoms with Crippen LogP contribution in [0, 0.1) is 0 Å². The molecule has 23 heavy (non-hydrogen) atoms. The summed E-state index contributed by atoms with van der Waals surface area (Å²) in [5.74, 6) is 1.43. The van der Waals surface area contributed by atoms with Crippen LogP contribution in [0.4, 0.5) is 0 Å². The molecule has 0 saturated heterocycles. The van der Waals surface area contributed by atoms with E-state index in [0.717, 1.165) is 18.6 Å². The van der Waals surface area contributed by atoms with Gasteiger partial charge in [-0.05, 0) is 54.3 Å². The highest BCUT2D eigenvalue weighted by atomic mass is 16.5. The van der Waals surface area contributed by atoms with Gasteiger partial charge in [-0.25, -0.2) is 4.79 Å². The molecule has 0 aliphatic rings. The molecule has 0 heterocycles. The van der Waals surface area contributed by atoms with E-state index in [1.165, 1.54) is 5.56 Å². The normalized spacial score (nSPS) is 10.6. The summed E-state index contributed by atoms with van der Waals surface area (Å²) in [6.45, 7) is 7.08. The standard InChI is InChI=1S/C20H24O3/c1-4-5-14-22-18-10-8-17(9-11-18)20(21)23-19-12-6-16(7-13-19)15(2)3/h6-13,15H,4-5,14H2,1-3H3. The molecule has 122 valence electrons. The first-order chi connectivity index (χ1) is 11.1. The van der Waals surface area contributed by atoms with Crippen molar-refractivity contribution in [2.45, 2.75) is 39.5 Å². The van der Waals surface area contributed by atoms with Gasteiger partial charge >= 0.3 is 5.97 Å². The zero-order chi connectivity index (χ0) is 16.7. The summed E-state index contributed by atoms with van der Waals surface area (Å²) < 4.78 is 11.0. The predicted molar refractivity (Wildman–Crippen MR) is 92.3 cm³/mol. The Balaban J connectivity index is 1.94. The van der Waals surface area contributed by atoms with E-state index in [-0.39, 0.29) is 5.97 Å². The third-order valence-corrected chi connectivity index (χ3v) is 3.61. The Morgan fingerprint density at radius 1 is 0.957 bits per heavy atom. The van der Waals surface area contributed by atoms with E-state index >= 15 is 0 Å². The summed E-state index contributed by atoms with van der Waals surface area (Å²) in [6.07, 6.45) is 2.12. The molecule has 0 radical (unpaired) electrons. The zero-order valence-electron chi connectivity index (χ0n) is 14.0. The van der Waals surface area contributed by atoms with E-state index < -0.39 is 0 Å². The molecular formula is C20H24O3. The van der Waals surface area contributed by atoms with Gasteiger partial charge in [-0.2, -0.15) is 0 Å². The highest BCUT2D eigenvalue weighted by Gasteiger charge is 2.09. The fourth-order valence-corrected chi connectivity index (χ4v) is 2.11. The average Bonchev–Trinajstić information content (AvgIpc) is 2.56. The summed E-state index contributed by atoms with van der Waals surface area (Å²) in [5.41, 5.74) is 1.74. The van der Waals surface area contributed by atoms with Crippen LogP contribution in [-0.4, -0.2) is 12.6 Å². The van der Waals surface area contributed by atoms with Gasteiger partial charge in [0.1, 0.15) is 11.5 Å². The van der Waals surface area contributed by atoms with Crippen molar-refractivity contribution >= 4 is 5.97 Å². The number of carbonyl (C=O) groups is 1. The summed E-state index contributed by atoms with van der Waals surface area (Å²) in [4.78, 5) is 12.1. The molecule has 0 aliphatic heterocycles. The number of carbonyl (C=O) groups excluding carboxylic acids is 1. The Morgan fingerprint density at radius 3 is 2.13 bits per heavy atom. The molecule has 0 spiro atoms. The summed E-state index contributed by atoms with van der Waals surface area (Å²) in [5, 5.41) is 0. The fraction of sp³-hybridized carbons (Fsp3) is 0.350. The van der Waals surface area contributed by atoms with Crippen LogP contribution in [0.1, 0.15) is 55.5 Å². The number of unbranched alkanes of at least 4 members (excludes halogenated alkanes) is 1. The van der Waals surface area contributed by atoms with Crippen LogP contribution in [0.2, 0.25) is 0 Å². The van der Waals surface area contributed by atoms with Crippen LogP contribution in [0.5, 0.6) is 11.5 Å². The largest absolute Gasteiger partial charge is 0.494 e. The predicted octanol–water partition coefficient (Wildman–Crippen LogP) is 5.21. The van der Waals surface area contributed by atoms with Gasteiger partial charge in [-0.3, -0.25) is 0 Å². The van der Waals surface area contributed by atoms with Crippen LogP contribution in [0.15, 0.2) is 48.5 Å². The number of hydrogen-bond donors (Lipinski definition) is 0. The maximum Gasteiger partial charge on any atom is 0.343 e. The SMILES string of the molecule is CCCCOc1ccc(C(=O)Oc2ccc(C(C)C)cc2)cc1. The first kappa shape index (κ1) is 17.1. The second kappa shape index (κ2) is 8.37.